The first kappa shape index (κ1) is 27.5. The highest BCUT2D eigenvalue weighted by atomic mass is 15.1. The lowest BCUT2D eigenvalue weighted by atomic mass is 9.94. The predicted molar refractivity (Wildman–Crippen MR) is 205 cm³/mol. The van der Waals surface area contributed by atoms with Crippen LogP contribution < -0.4 is 0 Å². The van der Waals surface area contributed by atoms with Crippen molar-refractivity contribution in [2.45, 2.75) is 0 Å². The van der Waals surface area contributed by atoms with Gasteiger partial charge in [0.05, 0.1) is 22.1 Å². The van der Waals surface area contributed by atoms with Crippen LogP contribution in [-0.2, 0) is 0 Å². The van der Waals surface area contributed by atoms with Crippen molar-refractivity contribution in [3.8, 4) is 39.3 Å². The van der Waals surface area contributed by atoms with E-state index in [9.17, 15) is 0 Å². The SMILES string of the molecule is c1ccc(-c2cccc(-c3nc4ccccc4nc3-n3c4ccc5ccccc5c4c4c5cccc(-c6ccccc6)c5ccc43)c2)cc1. The molecule has 0 radical (unpaired) electrons. The third-order valence-corrected chi connectivity index (χ3v) is 9.77. The number of aromatic nitrogens is 3. The molecule has 0 amide bonds. The zero-order valence-electron chi connectivity index (χ0n) is 26.6. The van der Waals surface area contributed by atoms with Crippen molar-refractivity contribution in [1.29, 1.82) is 0 Å². The highest BCUT2D eigenvalue weighted by Gasteiger charge is 2.22. The van der Waals surface area contributed by atoms with Crippen LogP contribution in [0.5, 0.6) is 0 Å². The molecule has 10 aromatic rings. The summed E-state index contributed by atoms with van der Waals surface area (Å²) >= 11 is 0. The van der Waals surface area contributed by atoms with Crippen LogP contribution in [0.2, 0.25) is 0 Å². The first-order valence-electron chi connectivity index (χ1n) is 16.7. The van der Waals surface area contributed by atoms with Gasteiger partial charge in [-0.15, -0.1) is 0 Å². The van der Waals surface area contributed by atoms with Gasteiger partial charge >= 0.3 is 0 Å². The van der Waals surface area contributed by atoms with Gasteiger partial charge in [-0.1, -0.05) is 146 Å². The van der Waals surface area contributed by atoms with Crippen molar-refractivity contribution in [2.24, 2.45) is 0 Å². The van der Waals surface area contributed by atoms with E-state index in [1.807, 2.05) is 12.1 Å². The van der Waals surface area contributed by atoms with Gasteiger partial charge in [0.1, 0.15) is 5.69 Å². The quantitative estimate of drug-likeness (QED) is 0.195. The highest BCUT2D eigenvalue weighted by Crippen LogP contribution is 2.43. The summed E-state index contributed by atoms with van der Waals surface area (Å²) in [6.45, 7) is 0. The molecule has 0 aliphatic heterocycles. The summed E-state index contributed by atoms with van der Waals surface area (Å²) in [5.41, 5.74) is 10.6. The molecule has 0 bridgehead atoms. The third kappa shape index (κ3) is 4.37. The van der Waals surface area contributed by atoms with Crippen LogP contribution in [0.4, 0.5) is 0 Å². The zero-order valence-corrected chi connectivity index (χ0v) is 26.6. The van der Waals surface area contributed by atoms with Gasteiger partial charge in [-0.3, -0.25) is 4.57 Å². The second kappa shape index (κ2) is 11.0. The van der Waals surface area contributed by atoms with E-state index in [4.69, 9.17) is 9.97 Å². The predicted octanol–water partition coefficient (Wildman–Crippen LogP) is 12.0. The van der Waals surface area contributed by atoms with Crippen LogP contribution in [0.15, 0.2) is 176 Å². The highest BCUT2D eigenvalue weighted by molar-refractivity contribution is 6.29. The van der Waals surface area contributed by atoms with Gasteiger partial charge in [0.2, 0.25) is 0 Å². The van der Waals surface area contributed by atoms with Crippen molar-refractivity contribution in [3.05, 3.63) is 176 Å². The largest absolute Gasteiger partial charge is 0.292 e. The molecule has 0 aliphatic carbocycles. The van der Waals surface area contributed by atoms with Crippen LogP contribution in [0.3, 0.4) is 0 Å². The fourth-order valence-corrected chi connectivity index (χ4v) is 7.55. The van der Waals surface area contributed by atoms with Crippen LogP contribution in [-0.4, -0.2) is 14.5 Å². The Morgan fingerprint density at radius 1 is 0.367 bits per heavy atom. The van der Waals surface area contributed by atoms with Crippen LogP contribution in [0.1, 0.15) is 0 Å². The summed E-state index contributed by atoms with van der Waals surface area (Å²) in [5.74, 6) is 0.817. The number of benzene rings is 8. The molecule has 228 valence electrons. The first-order valence-corrected chi connectivity index (χ1v) is 16.7. The van der Waals surface area contributed by atoms with E-state index in [2.05, 4.69) is 168 Å². The standard InChI is InChI=1S/C46H29N3/c1-3-13-30(14-4-1)33-18-11-19-34(29-33)45-46(48-40-24-10-9-23-39(40)47-45)49-41-27-25-32-17-7-8-20-36(32)43(41)44-38-22-12-21-35(31-15-5-2-6-16-31)37(38)26-28-42(44)49/h1-29H. The second-order valence-corrected chi connectivity index (χ2v) is 12.6. The maximum absolute atomic E-state index is 5.42. The summed E-state index contributed by atoms with van der Waals surface area (Å²) in [6, 6.07) is 62.5. The van der Waals surface area contributed by atoms with Crippen molar-refractivity contribution in [1.82, 2.24) is 14.5 Å². The van der Waals surface area contributed by atoms with E-state index in [-0.39, 0.29) is 0 Å². The molecule has 2 heterocycles. The molecule has 0 atom stereocenters. The van der Waals surface area contributed by atoms with Crippen LogP contribution in [0, 0.1) is 0 Å². The van der Waals surface area contributed by atoms with Crippen LogP contribution in [0.25, 0.3) is 93.7 Å². The maximum Gasteiger partial charge on any atom is 0.165 e. The molecule has 10 rings (SSSR count). The van der Waals surface area contributed by atoms with Crippen molar-refractivity contribution < 1.29 is 0 Å². The average Bonchev–Trinajstić information content (AvgIpc) is 3.53. The molecule has 8 aromatic carbocycles. The molecule has 0 saturated heterocycles. The van der Waals surface area contributed by atoms with Crippen molar-refractivity contribution in [2.75, 3.05) is 0 Å². The summed E-state index contributed by atoms with van der Waals surface area (Å²) in [7, 11) is 0. The summed E-state index contributed by atoms with van der Waals surface area (Å²) in [4.78, 5) is 10.8. The van der Waals surface area contributed by atoms with Gasteiger partial charge in [0.15, 0.2) is 5.82 Å². The Bertz CT molecular complexity index is 2870. The number of nitrogens with zero attached hydrogens (tertiary/aromatic N) is 3. The fraction of sp³-hybridized carbons (Fsp3) is 0. The van der Waals surface area contributed by atoms with Gasteiger partial charge in [-0.25, -0.2) is 9.97 Å². The molecule has 0 saturated carbocycles. The van der Waals surface area contributed by atoms with Gasteiger partial charge in [-0.05, 0) is 74.1 Å². The minimum atomic E-state index is 0.817. The van der Waals surface area contributed by atoms with Gasteiger partial charge < -0.3 is 0 Å². The number of para-hydroxylation sites is 2. The molecule has 3 nitrogen and oxygen atoms in total. The lowest BCUT2D eigenvalue weighted by molar-refractivity contribution is 1.08. The normalized spacial score (nSPS) is 11.7. The van der Waals surface area contributed by atoms with E-state index < -0.39 is 0 Å². The maximum atomic E-state index is 5.42. The van der Waals surface area contributed by atoms with E-state index in [1.165, 1.54) is 49.0 Å². The molecule has 0 N–H and O–H groups in total. The van der Waals surface area contributed by atoms with Gasteiger partial charge in [0, 0.05) is 16.3 Å². The van der Waals surface area contributed by atoms with E-state index in [1.54, 1.807) is 0 Å². The summed E-state index contributed by atoms with van der Waals surface area (Å²) in [5, 5.41) is 7.34. The smallest absolute Gasteiger partial charge is 0.165 e. The molecule has 0 fully saturated rings. The molecule has 0 aliphatic rings. The summed E-state index contributed by atoms with van der Waals surface area (Å²) in [6.07, 6.45) is 0. The fourth-order valence-electron chi connectivity index (χ4n) is 7.55. The second-order valence-electron chi connectivity index (χ2n) is 12.6. The Labute approximate surface area is 283 Å². The Morgan fingerprint density at radius 3 is 1.78 bits per heavy atom. The molecule has 3 heteroatoms. The van der Waals surface area contributed by atoms with E-state index >= 15 is 0 Å². The van der Waals surface area contributed by atoms with Gasteiger partial charge in [0.25, 0.3) is 0 Å². The topological polar surface area (TPSA) is 30.7 Å². The number of hydrogen-bond acceptors (Lipinski definition) is 2. The van der Waals surface area contributed by atoms with Crippen molar-refractivity contribution >= 4 is 54.4 Å². The third-order valence-electron chi connectivity index (χ3n) is 9.77. The number of fused-ring (bicyclic) bond motifs is 8. The molecule has 0 unspecified atom stereocenters. The van der Waals surface area contributed by atoms with Gasteiger partial charge in [-0.2, -0.15) is 0 Å². The Balaban J connectivity index is 1.35. The number of rotatable bonds is 4. The van der Waals surface area contributed by atoms with E-state index in [0.29, 0.717) is 0 Å². The van der Waals surface area contributed by atoms with Crippen molar-refractivity contribution in [3.63, 3.8) is 0 Å². The first-order chi connectivity index (χ1) is 24.3. The minimum absolute atomic E-state index is 0.817. The monoisotopic (exact) mass is 623 g/mol. The average molecular weight is 624 g/mol. The lowest BCUT2D eigenvalue weighted by Gasteiger charge is -2.15. The zero-order chi connectivity index (χ0) is 32.3. The molecular weight excluding hydrogens is 595 g/mol. The molecule has 0 spiro atoms. The number of hydrogen-bond donors (Lipinski definition) is 0. The summed E-state index contributed by atoms with van der Waals surface area (Å²) < 4.78 is 2.34. The molecule has 49 heavy (non-hydrogen) atoms. The Kier molecular flexibility index (Phi) is 6.18. The molecular formula is C46H29N3. The van der Waals surface area contributed by atoms with Crippen LogP contribution >= 0.6 is 0 Å². The minimum Gasteiger partial charge on any atom is -0.292 e. The molecule has 2 aromatic heterocycles. The Morgan fingerprint density at radius 2 is 0.959 bits per heavy atom. The Hall–Kier alpha value is -6.58. The lowest BCUT2D eigenvalue weighted by Crippen LogP contribution is -2.03. The van der Waals surface area contributed by atoms with E-state index in [0.717, 1.165) is 44.7 Å².